The highest BCUT2D eigenvalue weighted by atomic mass is 16.8. The normalized spacial score (nSPS) is 28.9. The van der Waals surface area contributed by atoms with Crippen LogP contribution in [0.4, 0.5) is 0 Å². The number of aliphatic hydroxyl groups excluding tert-OH is 11. The van der Waals surface area contributed by atoms with Crippen molar-refractivity contribution in [3.8, 4) is 0 Å². The molecule has 0 bridgehead atoms. The van der Waals surface area contributed by atoms with E-state index < -0.39 is 124 Å². The minimum Gasteiger partial charge on any atom is -0.394 e. The zero-order chi connectivity index (χ0) is 63.3. The largest absolute Gasteiger partial charge is 0.394 e. The van der Waals surface area contributed by atoms with E-state index in [-0.39, 0.29) is 18.9 Å². The molecule has 0 saturated carbocycles. The summed E-state index contributed by atoms with van der Waals surface area (Å²) < 4.78 is 34.4. The van der Waals surface area contributed by atoms with Gasteiger partial charge in [0.1, 0.15) is 73.2 Å². The number of unbranched alkanes of at least 4 members (excludes halogenated alkanes) is 28. The third kappa shape index (κ3) is 32.7. The van der Waals surface area contributed by atoms with Crippen molar-refractivity contribution in [2.75, 3.05) is 26.4 Å². The van der Waals surface area contributed by atoms with E-state index in [9.17, 15) is 61.0 Å². The van der Waals surface area contributed by atoms with Crippen molar-refractivity contribution in [2.45, 2.75) is 349 Å². The molecule has 3 saturated heterocycles. The number of amides is 1. The summed E-state index contributed by atoms with van der Waals surface area (Å²) in [4.78, 5) is 13.4. The van der Waals surface area contributed by atoms with Crippen LogP contribution in [0.25, 0.3) is 0 Å². The number of nitrogens with one attached hydrogen (secondary N) is 1. The van der Waals surface area contributed by atoms with Gasteiger partial charge in [-0.25, -0.2) is 0 Å². The Labute approximate surface area is 523 Å². The lowest BCUT2D eigenvalue weighted by Gasteiger charge is -2.48. The first-order valence-electron chi connectivity index (χ1n) is 34.4. The van der Waals surface area contributed by atoms with E-state index in [1.165, 1.54) is 141 Å². The summed E-state index contributed by atoms with van der Waals surface area (Å²) in [7, 11) is 0. The van der Waals surface area contributed by atoms with E-state index in [4.69, 9.17) is 28.4 Å². The second-order valence-corrected chi connectivity index (χ2v) is 24.6. The second-order valence-electron chi connectivity index (χ2n) is 24.6. The fraction of sp³-hybridized carbons (Fsp3) is 0.868. The van der Waals surface area contributed by atoms with Crippen molar-refractivity contribution in [1.29, 1.82) is 0 Å². The molecule has 0 aromatic rings. The van der Waals surface area contributed by atoms with Crippen molar-refractivity contribution in [3.63, 3.8) is 0 Å². The van der Waals surface area contributed by atoms with Gasteiger partial charge >= 0.3 is 0 Å². The van der Waals surface area contributed by atoms with Crippen LogP contribution < -0.4 is 5.32 Å². The molecule has 3 rings (SSSR count). The maximum atomic E-state index is 13.4. The fourth-order valence-corrected chi connectivity index (χ4v) is 11.6. The monoisotopic (exact) mass is 1240 g/mol. The number of carbonyl (C=O) groups is 1. The number of allylic oxidation sites excluding steroid dienone is 8. The lowest BCUT2D eigenvalue weighted by molar-refractivity contribution is -0.379. The summed E-state index contributed by atoms with van der Waals surface area (Å²) >= 11 is 0. The van der Waals surface area contributed by atoms with Gasteiger partial charge in [-0.3, -0.25) is 4.79 Å². The Morgan fingerprint density at radius 3 is 1.24 bits per heavy atom. The van der Waals surface area contributed by atoms with E-state index in [0.29, 0.717) is 12.8 Å². The molecule has 0 aromatic heterocycles. The van der Waals surface area contributed by atoms with E-state index in [2.05, 4.69) is 67.8 Å². The van der Waals surface area contributed by atoms with Crippen molar-refractivity contribution >= 4 is 5.91 Å². The first kappa shape index (κ1) is 79.0. The number of ether oxygens (including phenoxy) is 6. The molecule has 19 nitrogen and oxygen atoms in total. The summed E-state index contributed by atoms with van der Waals surface area (Å²) in [5, 5.41) is 121. The molecule has 17 atom stereocenters. The Morgan fingerprint density at radius 2 is 0.793 bits per heavy atom. The highest BCUT2D eigenvalue weighted by molar-refractivity contribution is 5.76. The Hall–Kier alpha value is -2.25. The molecule has 3 aliphatic heterocycles. The number of carbonyl (C=O) groups excluding carboxylic acids is 1. The van der Waals surface area contributed by atoms with Crippen molar-refractivity contribution in [3.05, 3.63) is 48.6 Å². The van der Waals surface area contributed by atoms with Gasteiger partial charge < -0.3 is 89.9 Å². The summed E-state index contributed by atoms with van der Waals surface area (Å²) in [6, 6.07) is -0.888. The topological polar surface area (TPSA) is 307 Å². The van der Waals surface area contributed by atoms with Crippen LogP contribution in [0.3, 0.4) is 0 Å². The molecule has 17 unspecified atom stereocenters. The van der Waals surface area contributed by atoms with E-state index in [1.54, 1.807) is 0 Å². The summed E-state index contributed by atoms with van der Waals surface area (Å²) in [5.74, 6) is -0.243. The van der Waals surface area contributed by atoms with Gasteiger partial charge in [0.2, 0.25) is 5.91 Å². The SMILES string of the molecule is CC/C=C\C/C=C\C/C=C\C/C=C\CCCCCCCCCCCCCCCCC(=O)NC(COC1OC(CO)C(OC2OC(CO)C(OC3OC(CO)C(O)C(O)C3O)C(O)C2O)C(O)C1O)C(O)CCCCCCCCCCCCCCCCC. The van der Waals surface area contributed by atoms with Crippen LogP contribution in [0.15, 0.2) is 48.6 Å². The van der Waals surface area contributed by atoms with Crippen LogP contribution in [0, 0.1) is 0 Å². The quantitative estimate of drug-likeness (QED) is 0.0200. The predicted octanol–water partition coefficient (Wildman–Crippen LogP) is 8.61. The smallest absolute Gasteiger partial charge is 0.220 e. The molecule has 0 radical (unpaired) electrons. The molecule has 3 aliphatic rings. The van der Waals surface area contributed by atoms with Crippen LogP contribution in [-0.2, 0) is 33.2 Å². The van der Waals surface area contributed by atoms with Gasteiger partial charge in [-0.15, -0.1) is 0 Å². The van der Waals surface area contributed by atoms with Crippen LogP contribution in [0.5, 0.6) is 0 Å². The van der Waals surface area contributed by atoms with Gasteiger partial charge in [-0.1, -0.05) is 236 Å². The molecule has 0 aromatic carbocycles. The Morgan fingerprint density at radius 1 is 0.425 bits per heavy atom. The predicted molar refractivity (Wildman–Crippen MR) is 337 cm³/mol. The third-order valence-electron chi connectivity index (χ3n) is 17.2. The Kier molecular flexibility index (Phi) is 45.7. The van der Waals surface area contributed by atoms with Gasteiger partial charge in [0, 0.05) is 6.42 Å². The molecule has 19 heteroatoms. The molecule has 87 heavy (non-hydrogen) atoms. The molecule has 508 valence electrons. The van der Waals surface area contributed by atoms with Gasteiger partial charge in [0.25, 0.3) is 0 Å². The number of hydrogen-bond donors (Lipinski definition) is 12. The average molecular weight is 1240 g/mol. The van der Waals surface area contributed by atoms with Crippen LogP contribution >= 0.6 is 0 Å². The fourth-order valence-electron chi connectivity index (χ4n) is 11.6. The standard InChI is InChI=1S/C68H123NO18/c1-3-5-7-9-11-13-15-17-19-20-21-22-23-24-25-26-27-28-29-30-32-34-36-38-40-42-44-46-56(74)69-51(52(73)45-43-41-39-37-35-33-31-18-16-14-12-10-8-6-4-2)50-82-66-62(80)59(77)64(54(48-71)84-66)87-68-63(81)60(78)65(55(49-72)85-68)86-67-61(79)58(76)57(75)53(47-70)83-67/h5,7,11,13,17,19,21-22,51-55,57-68,70-73,75-81H,3-4,6,8-10,12,14-16,18,20,23-50H2,1-2H3,(H,69,74)/b7-5-,13-11-,19-17-,22-21-. The summed E-state index contributed by atoms with van der Waals surface area (Å²) in [6.07, 6.45) is 31.9. The molecule has 3 heterocycles. The van der Waals surface area contributed by atoms with Crippen molar-refractivity contribution < 1.29 is 89.4 Å². The molecule has 1 amide bonds. The molecule has 0 spiro atoms. The molecule has 0 aliphatic carbocycles. The van der Waals surface area contributed by atoms with Gasteiger partial charge in [0.05, 0.1) is 38.6 Å². The Balaban J connectivity index is 1.41. The number of rotatable bonds is 52. The van der Waals surface area contributed by atoms with E-state index in [1.807, 2.05) is 0 Å². The lowest BCUT2D eigenvalue weighted by Crippen LogP contribution is -2.66. The van der Waals surface area contributed by atoms with Gasteiger partial charge in [0.15, 0.2) is 18.9 Å². The minimum atomic E-state index is -1.97. The van der Waals surface area contributed by atoms with Gasteiger partial charge in [-0.05, 0) is 51.4 Å². The van der Waals surface area contributed by atoms with Crippen LogP contribution in [0.1, 0.15) is 245 Å². The van der Waals surface area contributed by atoms with Crippen molar-refractivity contribution in [1.82, 2.24) is 5.32 Å². The molecular weight excluding hydrogens is 1120 g/mol. The molecule has 12 N–H and O–H groups in total. The lowest BCUT2D eigenvalue weighted by atomic mass is 9.96. The number of aliphatic hydroxyl groups is 11. The van der Waals surface area contributed by atoms with Crippen molar-refractivity contribution in [2.24, 2.45) is 0 Å². The molecule has 3 fully saturated rings. The zero-order valence-electron chi connectivity index (χ0n) is 53.5. The maximum absolute atomic E-state index is 13.4. The van der Waals surface area contributed by atoms with Crippen LogP contribution in [-0.4, -0.2) is 193 Å². The van der Waals surface area contributed by atoms with E-state index >= 15 is 0 Å². The van der Waals surface area contributed by atoms with Crippen LogP contribution in [0.2, 0.25) is 0 Å². The minimum absolute atomic E-state index is 0.243. The summed E-state index contributed by atoms with van der Waals surface area (Å²) in [5.41, 5.74) is 0. The third-order valence-corrected chi connectivity index (χ3v) is 17.2. The number of hydrogen-bond acceptors (Lipinski definition) is 18. The first-order valence-corrected chi connectivity index (χ1v) is 34.4. The maximum Gasteiger partial charge on any atom is 0.220 e. The first-order chi connectivity index (χ1) is 42.3. The highest BCUT2D eigenvalue weighted by Crippen LogP contribution is 2.33. The zero-order valence-corrected chi connectivity index (χ0v) is 53.5. The van der Waals surface area contributed by atoms with Gasteiger partial charge in [-0.2, -0.15) is 0 Å². The summed E-state index contributed by atoms with van der Waals surface area (Å²) in [6.45, 7) is 1.69. The highest BCUT2D eigenvalue weighted by Gasteiger charge is 2.53. The Bertz CT molecular complexity index is 1770. The molecular formula is C68H123NO18. The van der Waals surface area contributed by atoms with E-state index in [0.717, 1.165) is 70.6 Å². The average Bonchev–Trinajstić information content (AvgIpc) is 1.10. The second kappa shape index (κ2) is 50.3.